The van der Waals surface area contributed by atoms with Crippen LogP contribution in [0.15, 0.2) is 40.7 Å². The molecule has 0 saturated heterocycles. The standard InChI is InChI=1S/C17H22N4O6S2/c1-27-9-2-7-18-14(16(23)24)11-15(22)20-12-3-5-13(6-4-12)29(25,26)21-17-19-8-10-28-17/h3-6,8,10,14,18H,2,7,9,11H2,1H3,(H,19,21)(H,20,22)(H,23,24)/t14-/m0/s1. The Morgan fingerprint density at radius 1 is 1.28 bits per heavy atom. The van der Waals surface area contributed by atoms with E-state index in [9.17, 15) is 23.1 Å². The van der Waals surface area contributed by atoms with Gasteiger partial charge in [-0.1, -0.05) is 0 Å². The van der Waals surface area contributed by atoms with E-state index in [1.54, 1.807) is 12.5 Å². The van der Waals surface area contributed by atoms with E-state index in [0.717, 1.165) is 11.3 Å². The number of carbonyl (C=O) groups is 2. The number of aromatic nitrogens is 1. The van der Waals surface area contributed by atoms with Crippen molar-refractivity contribution in [3.63, 3.8) is 0 Å². The van der Waals surface area contributed by atoms with Gasteiger partial charge in [-0.2, -0.15) is 0 Å². The van der Waals surface area contributed by atoms with Crippen LogP contribution in [0, 0.1) is 0 Å². The van der Waals surface area contributed by atoms with Crippen LogP contribution in [-0.4, -0.2) is 56.7 Å². The summed E-state index contributed by atoms with van der Waals surface area (Å²) in [6.45, 7) is 0.884. The summed E-state index contributed by atoms with van der Waals surface area (Å²) in [5, 5.41) is 16.5. The van der Waals surface area contributed by atoms with E-state index >= 15 is 0 Å². The molecule has 0 spiro atoms. The number of anilines is 2. The summed E-state index contributed by atoms with van der Waals surface area (Å²) in [4.78, 5) is 27.3. The molecule has 0 aliphatic rings. The van der Waals surface area contributed by atoms with Gasteiger partial charge in [-0.3, -0.25) is 14.3 Å². The van der Waals surface area contributed by atoms with Crippen molar-refractivity contribution in [3.05, 3.63) is 35.8 Å². The second-order valence-electron chi connectivity index (χ2n) is 5.91. The number of benzene rings is 1. The van der Waals surface area contributed by atoms with E-state index in [1.807, 2.05) is 0 Å². The molecular formula is C17H22N4O6S2. The van der Waals surface area contributed by atoms with Gasteiger partial charge in [0, 0.05) is 31.0 Å². The Morgan fingerprint density at radius 3 is 2.59 bits per heavy atom. The molecule has 0 aliphatic heterocycles. The molecule has 1 heterocycles. The lowest BCUT2D eigenvalue weighted by Gasteiger charge is -2.14. The monoisotopic (exact) mass is 442 g/mol. The van der Waals surface area contributed by atoms with Crippen LogP contribution >= 0.6 is 11.3 Å². The fourth-order valence-corrected chi connectivity index (χ4v) is 4.09. The number of ether oxygens (including phenoxy) is 1. The van der Waals surface area contributed by atoms with Crippen LogP contribution in [0.4, 0.5) is 10.8 Å². The molecule has 2 aromatic rings. The van der Waals surface area contributed by atoms with E-state index in [2.05, 4.69) is 20.3 Å². The van der Waals surface area contributed by atoms with Gasteiger partial charge < -0.3 is 20.5 Å². The fourth-order valence-electron chi connectivity index (χ4n) is 2.30. The Bertz CT molecular complexity index is 901. The quantitative estimate of drug-likeness (QED) is 0.360. The molecule has 12 heteroatoms. The third-order valence-electron chi connectivity index (χ3n) is 3.71. The first kappa shape index (κ1) is 22.7. The molecule has 1 aromatic carbocycles. The van der Waals surface area contributed by atoms with Crippen molar-refractivity contribution in [1.82, 2.24) is 10.3 Å². The summed E-state index contributed by atoms with van der Waals surface area (Å²) in [5.41, 5.74) is 0.353. The lowest BCUT2D eigenvalue weighted by atomic mass is 10.2. The molecule has 0 radical (unpaired) electrons. The highest BCUT2D eigenvalue weighted by atomic mass is 32.2. The molecular weight excluding hydrogens is 420 g/mol. The molecule has 29 heavy (non-hydrogen) atoms. The van der Waals surface area contributed by atoms with Gasteiger partial charge in [-0.25, -0.2) is 13.4 Å². The van der Waals surface area contributed by atoms with Crippen LogP contribution in [0.3, 0.4) is 0 Å². The highest BCUT2D eigenvalue weighted by Gasteiger charge is 2.21. The lowest BCUT2D eigenvalue weighted by molar-refractivity contribution is -0.141. The SMILES string of the molecule is COCCCN[C@@H](CC(=O)Nc1ccc(S(=O)(=O)Nc2nccs2)cc1)C(=O)O. The molecule has 0 fully saturated rings. The summed E-state index contributed by atoms with van der Waals surface area (Å²) >= 11 is 1.15. The topological polar surface area (TPSA) is 147 Å². The minimum atomic E-state index is -3.79. The van der Waals surface area contributed by atoms with Crippen molar-refractivity contribution in [3.8, 4) is 0 Å². The molecule has 1 aromatic heterocycles. The summed E-state index contributed by atoms with van der Waals surface area (Å²) in [5.74, 6) is -1.64. The second-order valence-corrected chi connectivity index (χ2v) is 8.49. The van der Waals surface area contributed by atoms with Crippen LogP contribution in [0.1, 0.15) is 12.8 Å². The molecule has 4 N–H and O–H groups in total. The molecule has 1 atom stereocenters. The van der Waals surface area contributed by atoms with Crippen LogP contribution in [0.25, 0.3) is 0 Å². The molecule has 2 rings (SSSR count). The zero-order chi connectivity index (χ0) is 21.3. The van der Waals surface area contributed by atoms with Crippen LogP contribution in [-0.2, 0) is 24.3 Å². The minimum Gasteiger partial charge on any atom is -0.480 e. The van der Waals surface area contributed by atoms with Gasteiger partial charge in [0.05, 0.1) is 11.3 Å². The van der Waals surface area contributed by atoms with Gasteiger partial charge in [0.2, 0.25) is 5.91 Å². The van der Waals surface area contributed by atoms with Gasteiger partial charge in [0.25, 0.3) is 10.0 Å². The third-order valence-corrected chi connectivity index (χ3v) is 5.88. The zero-order valence-corrected chi connectivity index (χ0v) is 17.3. The average molecular weight is 443 g/mol. The molecule has 10 nitrogen and oxygen atoms in total. The van der Waals surface area contributed by atoms with E-state index < -0.39 is 27.9 Å². The van der Waals surface area contributed by atoms with Crippen molar-refractivity contribution >= 4 is 44.1 Å². The first-order chi connectivity index (χ1) is 13.8. The number of carbonyl (C=O) groups excluding carboxylic acids is 1. The predicted molar refractivity (Wildman–Crippen MR) is 109 cm³/mol. The van der Waals surface area contributed by atoms with Crippen molar-refractivity contribution in [2.45, 2.75) is 23.8 Å². The maximum atomic E-state index is 12.3. The number of thiazole rings is 1. The Morgan fingerprint density at radius 2 is 2.00 bits per heavy atom. The number of amides is 1. The highest BCUT2D eigenvalue weighted by Crippen LogP contribution is 2.19. The maximum Gasteiger partial charge on any atom is 0.321 e. The number of nitrogens with one attached hydrogen (secondary N) is 3. The number of methoxy groups -OCH3 is 1. The Hall–Kier alpha value is -2.54. The first-order valence-corrected chi connectivity index (χ1v) is 11.0. The van der Waals surface area contributed by atoms with Crippen molar-refractivity contribution in [2.75, 3.05) is 30.3 Å². The highest BCUT2D eigenvalue weighted by molar-refractivity contribution is 7.93. The Balaban J connectivity index is 1.92. The average Bonchev–Trinajstić information content (AvgIpc) is 3.16. The fraction of sp³-hybridized carbons (Fsp3) is 0.353. The van der Waals surface area contributed by atoms with Crippen molar-refractivity contribution in [2.24, 2.45) is 0 Å². The largest absolute Gasteiger partial charge is 0.480 e. The second kappa shape index (κ2) is 10.9. The number of carboxylic acid groups (broad SMARTS) is 1. The van der Waals surface area contributed by atoms with Crippen molar-refractivity contribution in [1.29, 1.82) is 0 Å². The van der Waals surface area contributed by atoms with Gasteiger partial charge >= 0.3 is 5.97 Å². The summed E-state index contributed by atoms with van der Waals surface area (Å²) in [6, 6.07) is 4.49. The van der Waals surface area contributed by atoms with Gasteiger partial charge in [0.1, 0.15) is 6.04 Å². The molecule has 158 valence electrons. The first-order valence-electron chi connectivity index (χ1n) is 8.59. The number of rotatable bonds is 12. The van der Waals surface area contributed by atoms with Gasteiger partial charge in [0.15, 0.2) is 5.13 Å². The minimum absolute atomic E-state index is 0.00826. The molecule has 1 amide bonds. The van der Waals surface area contributed by atoms with Crippen molar-refractivity contribution < 1.29 is 27.9 Å². The third kappa shape index (κ3) is 7.42. The maximum absolute atomic E-state index is 12.3. The Kier molecular flexibility index (Phi) is 8.51. The lowest BCUT2D eigenvalue weighted by Crippen LogP contribution is -2.40. The molecule has 0 aliphatic carbocycles. The smallest absolute Gasteiger partial charge is 0.321 e. The summed E-state index contributed by atoms with van der Waals surface area (Å²) in [7, 11) is -2.24. The van der Waals surface area contributed by atoms with Crippen LogP contribution in [0.2, 0.25) is 0 Å². The molecule has 0 bridgehead atoms. The van der Waals surface area contributed by atoms with E-state index in [1.165, 1.54) is 30.5 Å². The number of hydrogen-bond donors (Lipinski definition) is 4. The summed E-state index contributed by atoms with van der Waals surface area (Å²) in [6.07, 6.45) is 1.83. The van der Waals surface area contributed by atoms with Crippen LogP contribution in [0.5, 0.6) is 0 Å². The number of hydrogen-bond acceptors (Lipinski definition) is 8. The molecule has 0 saturated carbocycles. The number of aliphatic carboxylic acids is 1. The van der Waals surface area contributed by atoms with Gasteiger partial charge in [-0.15, -0.1) is 11.3 Å². The predicted octanol–water partition coefficient (Wildman–Crippen LogP) is 1.35. The number of sulfonamides is 1. The van der Waals surface area contributed by atoms with E-state index in [4.69, 9.17) is 4.74 Å². The number of nitrogens with zero attached hydrogens (tertiary/aromatic N) is 1. The normalized spacial score (nSPS) is 12.3. The van der Waals surface area contributed by atoms with E-state index in [0.29, 0.717) is 25.3 Å². The summed E-state index contributed by atoms with van der Waals surface area (Å²) < 4.78 is 31.8. The zero-order valence-electron chi connectivity index (χ0n) is 15.6. The number of carboxylic acids is 1. The van der Waals surface area contributed by atoms with Crippen LogP contribution < -0.4 is 15.4 Å². The van der Waals surface area contributed by atoms with E-state index in [-0.39, 0.29) is 16.4 Å². The Labute approximate surface area is 172 Å². The van der Waals surface area contributed by atoms with Gasteiger partial charge in [-0.05, 0) is 37.2 Å². The molecule has 0 unspecified atom stereocenters.